The molecule has 0 aliphatic carbocycles. The van der Waals surface area contributed by atoms with E-state index in [2.05, 4.69) is 53.8 Å². The van der Waals surface area contributed by atoms with E-state index in [-0.39, 0.29) is 11.8 Å². The highest BCUT2D eigenvalue weighted by Crippen LogP contribution is 2.28. The molecule has 0 spiro atoms. The number of carbonyl (C=O) groups is 2. The van der Waals surface area contributed by atoms with E-state index in [9.17, 15) is 14.9 Å². The molecule has 2 aromatic carbocycles. The summed E-state index contributed by atoms with van der Waals surface area (Å²) in [5.74, 6) is 0.00398. The highest BCUT2D eigenvalue weighted by atomic mass is 32.1. The number of anilines is 4. The van der Waals surface area contributed by atoms with Crippen molar-refractivity contribution in [1.29, 1.82) is 5.26 Å². The van der Waals surface area contributed by atoms with Gasteiger partial charge in [0, 0.05) is 43.1 Å². The number of benzene rings is 2. The van der Waals surface area contributed by atoms with E-state index < -0.39 is 5.41 Å². The average Bonchev–Trinajstić information content (AvgIpc) is 3.37. The van der Waals surface area contributed by atoms with E-state index in [4.69, 9.17) is 0 Å². The number of aryl methyl sites for hydroxylation is 1. The number of likely N-dealkylation sites (N-methyl/N-ethyl adjacent to an activating group) is 1. The normalized spacial score (nSPS) is 14.4. The van der Waals surface area contributed by atoms with Gasteiger partial charge in [0.15, 0.2) is 9.96 Å². The van der Waals surface area contributed by atoms with Crippen LogP contribution in [0.3, 0.4) is 0 Å². The lowest BCUT2D eigenvalue weighted by atomic mass is 9.85. The highest BCUT2D eigenvalue weighted by molar-refractivity contribution is 7.21. The summed E-state index contributed by atoms with van der Waals surface area (Å²) in [5.41, 5.74) is 3.41. The quantitative estimate of drug-likeness (QED) is 0.276. The molecule has 1 fully saturated rings. The molecule has 0 bridgehead atoms. The first-order chi connectivity index (χ1) is 20.1. The Hall–Kier alpha value is -4.44. The van der Waals surface area contributed by atoms with Crippen LogP contribution in [0.4, 0.5) is 22.5 Å². The topological polar surface area (TPSA) is 139 Å². The minimum Gasteiger partial charge on any atom is -0.324 e. The van der Waals surface area contributed by atoms with Gasteiger partial charge in [-0.05, 0) is 63.2 Å². The Morgan fingerprint density at radius 3 is 2.62 bits per heavy atom. The van der Waals surface area contributed by atoms with E-state index >= 15 is 0 Å². The third-order valence-electron chi connectivity index (χ3n) is 7.23. The van der Waals surface area contributed by atoms with Gasteiger partial charge in [0.1, 0.15) is 5.52 Å². The van der Waals surface area contributed by atoms with Crippen LogP contribution in [0.5, 0.6) is 0 Å². The van der Waals surface area contributed by atoms with Crippen molar-refractivity contribution in [2.24, 2.45) is 0 Å². The predicted octanol–water partition coefficient (Wildman–Crippen LogP) is 4.38. The van der Waals surface area contributed by atoms with Gasteiger partial charge in [-0.3, -0.25) is 14.5 Å². The summed E-state index contributed by atoms with van der Waals surface area (Å²) in [7, 11) is 2.08. The van der Waals surface area contributed by atoms with Gasteiger partial charge in [-0.25, -0.2) is 9.97 Å². The molecule has 216 valence electrons. The van der Waals surface area contributed by atoms with Crippen LogP contribution in [0.15, 0.2) is 48.7 Å². The van der Waals surface area contributed by atoms with E-state index in [1.54, 1.807) is 24.4 Å². The molecule has 2 amide bonds. The van der Waals surface area contributed by atoms with Crippen molar-refractivity contribution < 1.29 is 9.59 Å². The van der Waals surface area contributed by atoms with Crippen LogP contribution in [0.1, 0.15) is 35.3 Å². The number of hydrogen-bond acceptors (Lipinski definition) is 10. The monoisotopic (exact) mass is 583 g/mol. The van der Waals surface area contributed by atoms with Crippen molar-refractivity contribution in [1.82, 2.24) is 24.8 Å². The molecule has 1 aliphatic heterocycles. The molecule has 11 nitrogen and oxygen atoms in total. The molecular formula is C30H33N9O2S. The number of piperazine rings is 1. The summed E-state index contributed by atoms with van der Waals surface area (Å²) in [6, 6.07) is 14.9. The zero-order chi connectivity index (χ0) is 29.9. The zero-order valence-electron chi connectivity index (χ0n) is 24.1. The third kappa shape index (κ3) is 6.88. The lowest BCUT2D eigenvalue weighted by Crippen LogP contribution is -2.47. The number of nitrogens with one attached hydrogen (secondary N) is 3. The molecular weight excluding hydrogens is 550 g/mol. The van der Waals surface area contributed by atoms with Crippen LogP contribution in [0, 0.1) is 18.3 Å². The summed E-state index contributed by atoms with van der Waals surface area (Å²) in [5, 5.41) is 19.0. The molecule has 0 atom stereocenters. The molecule has 1 saturated heterocycles. The second-order valence-electron chi connectivity index (χ2n) is 11.0. The van der Waals surface area contributed by atoms with E-state index in [0.717, 1.165) is 43.0 Å². The summed E-state index contributed by atoms with van der Waals surface area (Å²) >= 11 is 1.29. The van der Waals surface area contributed by atoms with Gasteiger partial charge in [-0.1, -0.05) is 29.5 Å². The zero-order valence-corrected chi connectivity index (χ0v) is 24.9. The molecule has 0 radical (unpaired) electrons. The number of thiazole rings is 1. The Kier molecular flexibility index (Phi) is 8.44. The van der Waals surface area contributed by atoms with Gasteiger partial charge in [0.2, 0.25) is 11.9 Å². The van der Waals surface area contributed by atoms with Crippen LogP contribution in [-0.2, 0) is 10.2 Å². The molecule has 5 rings (SSSR count). The first-order valence-corrected chi connectivity index (χ1v) is 14.5. The summed E-state index contributed by atoms with van der Waals surface area (Å²) < 4.78 is 0. The SMILES string of the molecule is Cc1ccc(NC(=O)c2cccc(C(C)(C)C#N)c2)cc1Nc1ncc2nc(NC(=O)CN3CCN(C)CC3)sc2n1. The van der Waals surface area contributed by atoms with E-state index in [1.807, 2.05) is 45.0 Å². The molecule has 42 heavy (non-hydrogen) atoms. The number of nitriles is 1. The maximum atomic E-state index is 13.0. The number of hydrogen-bond donors (Lipinski definition) is 3. The number of amides is 2. The molecule has 0 saturated carbocycles. The smallest absolute Gasteiger partial charge is 0.255 e. The predicted molar refractivity (Wildman–Crippen MR) is 165 cm³/mol. The lowest BCUT2D eigenvalue weighted by molar-refractivity contribution is -0.117. The van der Waals surface area contributed by atoms with Gasteiger partial charge in [-0.2, -0.15) is 10.2 Å². The standard InChI is InChI=1S/C30H33N9O2S/c1-19-8-9-22(33-26(41)20-6-5-7-21(14-20)30(2,3)18-31)15-23(19)34-28-32-16-24-27(37-28)42-29(35-24)36-25(40)17-39-12-10-38(4)11-13-39/h5-9,14-16H,10-13,17H2,1-4H3,(H,33,41)(H,32,34,37)(H,35,36,40). The van der Waals surface area contributed by atoms with Crippen LogP contribution in [0.2, 0.25) is 0 Å². The fourth-order valence-corrected chi connectivity index (χ4v) is 5.32. The molecule has 1 aliphatic rings. The van der Waals surface area contributed by atoms with Crippen molar-refractivity contribution in [3.05, 3.63) is 65.4 Å². The maximum absolute atomic E-state index is 13.0. The molecule has 12 heteroatoms. The highest BCUT2D eigenvalue weighted by Gasteiger charge is 2.21. The van der Waals surface area contributed by atoms with Crippen molar-refractivity contribution in [2.45, 2.75) is 26.2 Å². The van der Waals surface area contributed by atoms with Crippen LogP contribution < -0.4 is 16.0 Å². The Bertz CT molecular complexity index is 1670. The minimum absolute atomic E-state index is 0.0973. The van der Waals surface area contributed by atoms with Crippen molar-refractivity contribution in [3.63, 3.8) is 0 Å². The average molecular weight is 584 g/mol. The number of carbonyl (C=O) groups excluding carboxylic acids is 2. The van der Waals surface area contributed by atoms with Gasteiger partial charge >= 0.3 is 0 Å². The fraction of sp³-hybridized carbons (Fsp3) is 0.333. The van der Waals surface area contributed by atoms with Gasteiger partial charge in [0.05, 0.1) is 24.2 Å². The number of aromatic nitrogens is 3. The third-order valence-corrected chi connectivity index (χ3v) is 8.11. The second-order valence-corrected chi connectivity index (χ2v) is 11.9. The first-order valence-electron chi connectivity index (χ1n) is 13.6. The van der Waals surface area contributed by atoms with Gasteiger partial charge in [0.25, 0.3) is 5.91 Å². The number of fused-ring (bicyclic) bond motifs is 1. The van der Waals surface area contributed by atoms with Crippen molar-refractivity contribution in [3.8, 4) is 6.07 Å². The van der Waals surface area contributed by atoms with Gasteiger partial charge in [-0.15, -0.1) is 0 Å². The maximum Gasteiger partial charge on any atom is 0.255 e. The fourth-order valence-electron chi connectivity index (χ4n) is 4.49. The lowest BCUT2D eigenvalue weighted by Gasteiger charge is -2.31. The van der Waals surface area contributed by atoms with E-state index in [1.165, 1.54) is 11.3 Å². The molecule has 2 aromatic heterocycles. The molecule has 3 N–H and O–H groups in total. The van der Waals surface area contributed by atoms with Crippen LogP contribution in [-0.4, -0.2) is 76.3 Å². The first kappa shape index (κ1) is 29.1. The minimum atomic E-state index is -0.701. The molecule has 0 unspecified atom stereocenters. The summed E-state index contributed by atoms with van der Waals surface area (Å²) in [6.07, 6.45) is 1.62. The summed E-state index contributed by atoms with van der Waals surface area (Å²) in [6.45, 7) is 9.54. The Balaban J connectivity index is 1.25. The Labute approximate surface area is 248 Å². The summed E-state index contributed by atoms with van der Waals surface area (Å²) in [4.78, 5) is 44.1. The van der Waals surface area contributed by atoms with Crippen molar-refractivity contribution >= 4 is 56.0 Å². The van der Waals surface area contributed by atoms with Crippen molar-refractivity contribution in [2.75, 3.05) is 55.7 Å². The van der Waals surface area contributed by atoms with E-state index in [0.29, 0.717) is 39.2 Å². The number of nitrogens with zero attached hydrogens (tertiary/aromatic N) is 6. The Morgan fingerprint density at radius 1 is 1.07 bits per heavy atom. The van der Waals surface area contributed by atoms with Crippen LogP contribution in [0.25, 0.3) is 10.3 Å². The molecule has 4 aromatic rings. The largest absolute Gasteiger partial charge is 0.324 e. The Morgan fingerprint density at radius 2 is 1.86 bits per heavy atom. The molecule has 3 heterocycles. The number of rotatable bonds is 8. The second kappa shape index (κ2) is 12.2. The van der Waals surface area contributed by atoms with Gasteiger partial charge < -0.3 is 20.9 Å². The van der Waals surface area contributed by atoms with Crippen LogP contribution >= 0.6 is 11.3 Å².